The maximum Gasteiger partial charge on any atom is 0.236 e. The zero-order valence-corrected chi connectivity index (χ0v) is 15.1. The molecule has 1 aromatic rings. The van der Waals surface area contributed by atoms with Gasteiger partial charge >= 0.3 is 0 Å². The van der Waals surface area contributed by atoms with Crippen LogP contribution in [-0.4, -0.2) is 55.0 Å². The smallest absolute Gasteiger partial charge is 0.236 e. The minimum atomic E-state index is 0. The lowest BCUT2D eigenvalue weighted by molar-refractivity contribution is -0.132. The summed E-state index contributed by atoms with van der Waals surface area (Å²) in [5, 5.41) is 4.51. The van der Waals surface area contributed by atoms with Crippen LogP contribution in [0.25, 0.3) is 0 Å². The summed E-state index contributed by atoms with van der Waals surface area (Å²) in [5.41, 5.74) is 0.941. The molecule has 1 aliphatic rings. The van der Waals surface area contributed by atoms with Gasteiger partial charge in [0.15, 0.2) is 0 Å². The van der Waals surface area contributed by atoms with Gasteiger partial charge in [-0.2, -0.15) is 0 Å². The fraction of sp³-hybridized carbons (Fsp3) is 0.533. The van der Waals surface area contributed by atoms with Crippen LogP contribution in [0, 0.1) is 0 Å². The summed E-state index contributed by atoms with van der Waals surface area (Å²) >= 11 is 12.0. The molecule has 1 N–H and O–H groups in total. The molecule has 0 bridgehead atoms. The zero-order chi connectivity index (χ0) is 15.4. The normalized spacial score (nSPS) is 18.6. The van der Waals surface area contributed by atoms with Crippen molar-refractivity contribution in [2.75, 3.05) is 33.2 Å². The topological polar surface area (TPSA) is 35.6 Å². The lowest BCUT2D eigenvalue weighted by Crippen LogP contribution is -2.52. The van der Waals surface area contributed by atoms with Gasteiger partial charge in [-0.1, -0.05) is 23.2 Å². The molecular weight excluding hydrogens is 345 g/mol. The summed E-state index contributed by atoms with van der Waals surface area (Å²) in [6.07, 6.45) is 0. The molecule has 0 radical (unpaired) electrons. The summed E-state index contributed by atoms with van der Waals surface area (Å²) in [6.45, 7) is 5.87. The molecule has 1 aliphatic heterocycles. The molecule has 0 unspecified atom stereocenters. The van der Waals surface area contributed by atoms with Crippen LogP contribution in [0.15, 0.2) is 18.2 Å². The minimum Gasteiger partial charge on any atom is -0.340 e. The highest BCUT2D eigenvalue weighted by Gasteiger charge is 2.21. The quantitative estimate of drug-likeness (QED) is 0.890. The first-order valence-corrected chi connectivity index (χ1v) is 7.85. The van der Waals surface area contributed by atoms with Gasteiger partial charge in [0.05, 0.1) is 6.54 Å². The number of hydrogen-bond acceptors (Lipinski definition) is 3. The highest BCUT2D eigenvalue weighted by molar-refractivity contribution is 6.34. The van der Waals surface area contributed by atoms with Crippen molar-refractivity contribution in [3.05, 3.63) is 33.8 Å². The molecule has 0 saturated carbocycles. The Balaban J connectivity index is 0.00000242. The van der Waals surface area contributed by atoms with Gasteiger partial charge in [-0.3, -0.25) is 9.69 Å². The van der Waals surface area contributed by atoms with Gasteiger partial charge in [0.25, 0.3) is 0 Å². The standard InChI is InChI=1S/C15H21Cl2N3O.ClH/c1-11-8-18-3-4-20(11)10-15(21)19(2)9-12-5-13(16)7-14(17)6-12;/h5-7,11,18H,3-4,8-10H2,1-2H3;1H/t11-;/m1./s1. The SMILES string of the molecule is C[C@@H]1CNCCN1CC(=O)N(C)Cc1cc(Cl)cc(Cl)c1.Cl. The van der Waals surface area contributed by atoms with Crippen LogP contribution in [0.4, 0.5) is 0 Å². The second kappa shape index (κ2) is 8.94. The molecule has 7 heteroatoms. The van der Waals surface area contributed by atoms with Crippen molar-refractivity contribution in [2.24, 2.45) is 0 Å². The molecule has 1 saturated heterocycles. The second-order valence-electron chi connectivity index (χ2n) is 5.55. The van der Waals surface area contributed by atoms with Gasteiger partial charge in [0, 0.05) is 49.3 Å². The highest BCUT2D eigenvalue weighted by Crippen LogP contribution is 2.20. The van der Waals surface area contributed by atoms with E-state index in [1.54, 1.807) is 11.0 Å². The average Bonchev–Trinajstić information content (AvgIpc) is 2.40. The molecule has 0 aromatic heterocycles. The van der Waals surface area contributed by atoms with Crippen LogP contribution in [0.5, 0.6) is 0 Å². The first-order valence-electron chi connectivity index (χ1n) is 7.09. The summed E-state index contributed by atoms with van der Waals surface area (Å²) in [4.78, 5) is 16.3. The molecule has 1 aromatic carbocycles. The Kier molecular flexibility index (Phi) is 7.94. The van der Waals surface area contributed by atoms with Gasteiger partial charge in [-0.25, -0.2) is 0 Å². The van der Waals surface area contributed by atoms with Crippen molar-refractivity contribution < 1.29 is 4.79 Å². The van der Waals surface area contributed by atoms with Crippen LogP contribution < -0.4 is 5.32 Å². The van der Waals surface area contributed by atoms with E-state index in [0.717, 1.165) is 25.2 Å². The van der Waals surface area contributed by atoms with Gasteiger partial charge < -0.3 is 10.2 Å². The number of nitrogens with zero attached hydrogens (tertiary/aromatic N) is 2. The van der Waals surface area contributed by atoms with E-state index in [4.69, 9.17) is 23.2 Å². The van der Waals surface area contributed by atoms with Crippen LogP contribution >= 0.6 is 35.6 Å². The van der Waals surface area contributed by atoms with Gasteiger partial charge in [0.1, 0.15) is 0 Å². The largest absolute Gasteiger partial charge is 0.340 e. The monoisotopic (exact) mass is 365 g/mol. The van der Waals surface area contributed by atoms with Crippen LogP contribution in [0.2, 0.25) is 10.0 Å². The fourth-order valence-electron chi connectivity index (χ4n) is 2.48. The summed E-state index contributed by atoms with van der Waals surface area (Å²) in [5.74, 6) is 0.111. The lowest BCUT2D eigenvalue weighted by Gasteiger charge is -2.34. The summed E-state index contributed by atoms with van der Waals surface area (Å²) < 4.78 is 0. The molecule has 1 amide bonds. The van der Waals surface area contributed by atoms with E-state index in [1.165, 1.54) is 0 Å². The van der Waals surface area contributed by atoms with Crippen LogP contribution in [-0.2, 0) is 11.3 Å². The van der Waals surface area contributed by atoms with Crippen molar-refractivity contribution in [2.45, 2.75) is 19.5 Å². The van der Waals surface area contributed by atoms with Gasteiger partial charge in [0.2, 0.25) is 5.91 Å². The van der Waals surface area contributed by atoms with Crippen molar-refractivity contribution in [1.29, 1.82) is 0 Å². The molecule has 0 spiro atoms. The Hall–Kier alpha value is -0.520. The molecule has 124 valence electrons. The Morgan fingerprint density at radius 3 is 2.59 bits per heavy atom. The summed E-state index contributed by atoms with van der Waals surface area (Å²) in [6, 6.07) is 5.75. The molecule has 2 rings (SSSR count). The van der Waals surface area contributed by atoms with Crippen molar-refractivity contribution in [3.63, 3.8) is 0 Å². The number of benzene rings is 1. The van der Waals surface area contributed by atoms with E-state index in [9.17, 15) is 4.79 Å². The predicted molar refractivity (Wildman–Crippen MR) is 94.1 cm³/mol. The first kappa shape index (κ1) is 19.5. The molecular formula is C15H22Cl3N3O. The van der Waals surface area contributed by atoms with E-state index in [2.05, 4.69) is 17.1 Å². The number of likely N-dealkylation sites (N-methyl/N-ethyl adjacent to an activating group) is 1. The number of rotatable bonds is 4. The van der Waals surface area contributed by atoms with E-state index < -0.39 is 0 Å². The number of nitrogens with one attached hydrogen (secondary N) is 1. The maximum atomic E-state index is 12.3. The third-order valence-electron chi connectivity index (χ3n) is 3.75. The van der Waals surface area contributed by atoms with Crippen molar-refractivity contribution in [3.8, 4) is 0 Å². The fourth-order valence-corrected chi connectivity index (χ4v) is 3.05. The minimum absolute atomic E-state index is 0. The van der Waals surface area contributed by atoms with Crippen molar-refractivity contribution in [1.82, 2.24) is 15.1 Å². The molecule has 0 aliphatic carbocycles. The summed E-state index contributed by atoms with van der Waals surface area (Å²) in [7, 11) is 1.81. The first-order chi connectivity index (χ1) is 9.95. The van der Waals surface area contributed by atoms with Gasteiger partial charge in [-0.05, 0) is 30.7 Å². The third kappa shape index (κ3) is 5.60. The highest BCUT2D eigenvalue weighted by atomic mass is 35.5. The number of amides is 1. The maximum absolute atomic E-state index is 12.3. The molecule has 22 heavy (non-hydrogen) atoms. The van der Waals surface area contributed by atoms with Crippen LogP contribution in [0.1, 0.15) is 12.5 Å². The Morgan fingerprint density at radius 1 is 1.36 bits per heavy atom. The molecule has 1 atom stereocenters. The third-order valence-corrected chi connectivity index (χ3v) is 4.18. The predicted octanol–water partition coefficient (Wildman–Crippen LogP) is 2.67. The van der Waals surface area contributed by atoms with Crippen LogP contribution in [0.3, 0.4) is 0 Å². The molecule has 4 nitrogen and oxygen atoms in total. The zero-order valence-electron chi connectivity index (χ0n) is 12.8. The molecule has 1 fully saturated rings. The Bertz CT molecular complexity index is 493. The van der Waals surface area contributed by atoms with Gasteiger partial charge in [-0.15, -0.1) is 12.4 Å². The number of carbonyl (C=O) groups excluding carboxylic acids is 1. The van der Waals surface area contributed by atoms with E-state index in [1.807, 2.05) is 19.2 Å². The van der Waals surface area contributed by atoms with Crippen molar-refractivity contribution >= 4 is 41.5 Å². The Labute approximate surface area is 148 Å². The van der Waals surface area contributed by atoms with E-state index in [0.29, 0.717) is 29.2 Å². The number of piperazine rings is 1. The number of hydrogen-bond donors (Lipinski definition) is 1. The Morgan fingerprint density at radius 2 is 2.00 bits per heavy atom. The number of halogens is 3. The number of carbonyl (C=O) groups is 1. The van der Waals surface area contributed by atoms with E-state index >= 15 is 0 Å². The lowest BCUT2D eigenvalue weighted by atomic mass is 10.2. The molecule has 1 heterocycles. The average molecular weight is 367 g/mol. The van der Waals surface area contributed by atoms with E-state index in [-0.39, 0.29) is 18.3 Å². The second-order valence-corrected chi connectivity index (χ2v) is 6.42.